The van der Waals surface area contributed by atoms with Crippen LogP contribution in [0.3, 0.4) is 0 Å². The third-order valence-corrected chi connectivity index (χ3v) is 5.62. The monoisotopic (exact) mass is 503 g/mol. The first kappa shape index (κ1) is 23.1. The first-order valence-electron chi connectivity index (χ1n) is 9.92. The van der Waals surface area contributed by atoms with E-state index in [1.807, 2.05) is 31.2 Å². The third-order valence-electron chi connectivity index (χ3n) is 5.62. The number of hydrogen-bond donors (Lipinski definition) is 2. The number of fused-ring (bicyclic) bond motifs is 1. The molecule has 1 aliphatic heterocycles. The summed E-state index contributed by atoms with van der Waals surface area (Å²) in [7, 11) is 1.66. The maximum Gasteiger partial charge on any atom is 0.191 e. The summed E-state index contributed by atoms with van der Waals surface area (Å²) in [6, 6.07) is 8.04. The first-order chi connectivity index (χ1) is 13.0. The van der Waals surface area contributed by atoms with Gasteiger partial charge >= 0.3 is 0 Å². The van der Waals surface area contributed by atoms with Crippen LogP contribution in [0.5, 0.6) is 11.5 Å². The molecule has 4 atom stereocenters. The molecule has 158 valence electrons. The molecule has 28 heavy (non-hydrogen) atoms. The number of hydrogen-bond acceptors (Lipinski definition) is 4. The highest BCUT2D eigenvalue weighted by Gasteiger charge is 2.59. The number of guanidine groups is 1. The van der Waals surface area contributed by atoms with E-state index in [0.29, 0.717) is 24.6 Å². The fourth-order valence-corrected chi connectivity index (χ4v) is 4.25. The van der Waals surface area contributed by atoms with Gasteiger partial charge in [0.2, 0.25) is 0 Å². The molecule has 0 bridgehead atoms. The quantitative estimate of drug-likeness (QED) is 0.339. The van der Waals surface area contributed by atoms with Gasteiger partial charge in [0.1, 0.15) is 17.6 Å². The highest BCUT2D eigenvalue weighted by atomic mass is 127. The molecule has 0 aromatic heterocycles. The Kier molecular flexibility index (Phi) is 8.24. The average molecular weight is 503 g/mol. The van der Waals surface area contributed by atoms with Crippen molar-refractivity contribution < 1.29 is 14.2 Å². The summed E-state index contributed by atoms with van der Waals surface area (Å²) in [6.07, 6.45) is 1.46. The standard InChI is InChI=1S/C21H33N3O3.HI/c1-6-22-20(24-18-17-10-11-26-19(17)21(18,3)4)23-13-14(2)27-16-9-7-8-15(12-16)25-5;/h7-9,12,14,17-19H,6,10-11,13H2,1-5H3,(H2,22,23,24);1H. The van der Waals surface area contributed by atoms with Gasteiger partial charge in [0.25, 0.3) is 0 Å². The van der Waals surface area contributed by atoms with E-state index < -0.39 is 0 Å². The second kappa shape index (κ2) is 10.0. The number of methoxy groups -OCH3 is 1. The van der Waals surface area contributed by atoms with Crippen LogP contribution in [0.2, 0.25) is 0 Å². The summed E-state index contributed by atoms with van der Waals surface area (Å²) >= 11 is 0. The molecule has 0 radical (unpaired) electrons. The van der Waals surface area contributed by atoms with Crippen molar-refractivity contribution in [2.45, 2.75) is 52.4 Å². The molecule has 2 fully saturated rings. The maximum absolute atomic E-state index is 5.98. The van der Waals surface area contributed by atoms with Crippen LogP contribution in [0.25, 0.3) is 0 Å². The Labute approximate surface area is 185 Å². The first-order valence-corrected chi connectivity index (χ1v) is 9.92. The molecule has 4 unspecified atom stereocenters. The van der Waals surface area contributed by atoms with Crippen molar-refractivity contribution in [3.8, 4) is 11.5 Å². The third kappa shape index (κ3) is 5.03. The van der Waals surface area contributed by atoms with Gasteiger partial charge in [-0.25, -0.2) is 4.99 Å². The van der Waals surface area contributed by atoms with Crippen molar-refractivity contribution >= 4 is 29.9 Å². The summed E-state index contributed by atoms with van der Waals surface area (Å²) in [4.78, 5) is 4.75. The SMILES string of the molecule is CCNC(=NCC(C)Oc1cccc(OC)c1)NC1C2CCOC2C1(C)C.I. The molecule has 1 heterocycles. The predicted octanol–water partition coefficient (Wildman–Crippen LogP) is 3.45. The predicted molar refractivity (Wildman–Crippen MR) is 123 cm³/mol. The fourth-order valence-electron chi connectivity index (χ4n) is 4.25. The summed E-state index contributed by atoms with van der Waals surface area (Å²) in [5.41, 5.74) is 0.125. The van der Waals surface area contributed by atoms with Crippen molar-refractivity contribution in [2.24, 2.45) is 16.3 Å². The summed E-state index contributed by atoms with van der Waals surface area (Å²) in [5, 5.41) is 7.00. The van der Waals surface area contributed by atoms with Crippen LogP contribution in [-0.4, -0.2) is 51.0 Å². The van der Waals surface area contributed by atoms with Gasteiger partial charge in [-0.3, -0.25) is 0 Å². The molecule has 1 aromatic carbocycles. The van der Waals surface area contributed by atoms with Gasteiger partial charge in [0.15, 0.2) is 5.96 Å². The smallest absolute Gasteiger partial charge is 0.191 e. The van der Waals surface area contributed by atoms with Crippen molar-refractivity contribution in [2.75, 3.05) is 26.8 Å². The van der Waals surface area contributed by atoms with E-state index in [9.17, 15) is 0 Å². The second-order valence-corrected chi connectivity index (χ2v) is 8.01. The lowest BCUT2D eigenvalue weighted by atomic mass is 9.57. The fraction of sp³-hybridized carbons (Fsp3) is 0.667. The molecule has 1 saturated carbocycles. The van der Waals surface area contributed by atoms with Crippen LogP contribution < -0.4 is 20.1 Å². The van der Waals surface area contributed by atoms with Crippen LogP contribution in [0, 0.1) is 11.3 Å². The van der Waals surface area contributed by atoms with Gasteiger partial charge in [-0.05, 0) is 32.4 Å². The Morgan fingerprint density at radius 2 is 2.11 bits per heavy atom. The summed E-state index contributed by atoms with van der Waals surface area (Å²) in [5.74, 6) is 3.01. The van der Waals surface area contributed by atoms with E-state index >= 15 is 0 Å². The highest BCUT2D eigenvalue weighted by Crippen LogP contribution is 2.52. The van der Waals surface area contributed by atoms with E-state index in [1.165, 1.54) is 0 Å². The van der Waals surface area contributed by atoms with E-state index in [-0.39, 0.29) is 35.5 Å². The molecule has 2 N–H and O–H groups in total. The van der Waals surface area contributed by atoms with Crippen LogP contribution in [0.15, 0.2) is 29.3 Å². The molecule has 1 saturated heterocycles. The van der Waals surface area contributed by atoms with Crippen molar-refractivity contribution in [3.63, 3.8) is 0 Å². The lowest BCUT2D eigenvalue weighted by Gasteiger charge is -2.54. The largest absolute Gasteiger partial charge is 0.497 e. The number of benzene rings is 1. The van der Waals surface area contributed by atoms with Gasteiger partial charge in [-0.1, -0.05) is 19.9 Å². The molecule has 7 heteroatoms. The van der Waals surface area contributed by atoms with Crippen molar-refractivity contribution in [3.05, 3.63) is 24.3 Å². The van der Waals surface area contributed by atoms with Crippen LogP contribution in [-0.2, 0) is 4.74 Å². The zero-order valence-electron chi connectivity index (χ0n) is 17.5. The molecule has 2 aliphatic rings. The minimum atomic E-state index is -0.0375. The number of halogens is 1. The van der Waals surface area contributed by atoms with Crippen LogP contribution >= 0.6 is 24.0 Å². The summed E-state index contributed by atoms with van der Waals surface area (Å²) < 4.78 is 17.1. The zero-order chi connectivity index (χ0) is 19.4. The Morgan fingerprint density at radius 1 is 1.36 bits per heavy atom. The van der Waals surface area contributed by atoms with Gasteiger partial charge in [-0.2, -0.15) is 0 Å². The normalized spacial score (nSPS) is 26.3. The van der Waals surface area contributed by atoms with Crippen LogP contribution in [0.4, 0.5) is 0 Å². The van der Waals surface area contributed by atoms with E-state index in [4.69, 9.17) is 19.2 Å². The van der Waals surface area contributed by atoms with E-state index in [0.717, 1.165) is 37.0 Å². The Hall–Kier alpha value is -1.22. The molecular formula is C21H34IN3O3. The molecule has 0 spiro atoms. The molecule has 1 aromatic rings. The van der Waals surface area contributed by atoms with Gasteiger partial charge < -0.3 is 24.8 Å². The minimum Gasteiger partial charge on any atom is -0.497 e. The zero-order valence-corrected chi connectivity index (χ0v) is 19.9. The Balaban J connectivity index is 0.00000280. The summed E-state index contributed by atoms with van der Waals surface area (Å²) in [6.45, 7) is 10.9. The minimum absolute atomic E-state index is 0. The lowest BCUT2D eigenvalue weighted by Crippen LogP contribution is -2.68. The molecular weight excluding hydrogens is 469 g/mol. The maximum atomic E-state index is 5.98. The number of nitrogens with zero attached hydrogens (tertiary/aromatic N) is 1. The van der Waals surface area contributed by atoms with E-state index in [2.05, 4.69) is 31.4 Å². The number of rotatable bonds is 7. The van der Waals surface area contributed by atoms with Crippen molar-refractivity contribution in [1.82, 2.24) is 10.6 Å². The second-order valence-electron chi connectivity index (χ2n) is 8.01. The number of aliphatic imine (C=N–C) groups is 1. The molecule has 0 amide bonds. The average Bonchev–Trinajstić information content (AvgIpc) is 3.11. The molecule has 3 rings (SSSR count). The molecule has 1 aliphatic carbocycles. The van der Waals surface area contributed by atoms with Crippen molar-refractivity contribution in [1.29, 1.82) is 0 Å². The topological polar surface area (TPSA) is 64.1 Å². The van der Waals surface area contributed by atoms with E-state index in [1.54, 1.807) is 7.11 Å². The van der Waals surface area contributed by atoms with Crippen LogP contribution in [0.1, 0.15) is 34.1 Å². The van der Waals surface area contributed by atoms with Gasteiger partial charge in [-0.15, -0.1) is 24.0 Å². The Bertz CT molecular complexity index is 668. The van der Waals surface area contributed by atoms with Gasteiger partial charge in [0, 0.05) is 36.6 Å². The highest BCUT2D eigenvalue weighted by molar-refractivity contribution is 14.0. The Morgan fingerprint density at radius 3 is 2.82 bits per heavy atom. The lowest BCUT2D eigenvalue weighted by molar-refractivity contribution is -0.106. The van der Waals surface area contributed by atoms with Gasteiger partial charge in [0.05, 0.1) is 19.8 Å². The number of nitrogens with one attached hydrogen (secondary N) is 2. The molecule has 6 nitrogen and oxygen atoms in total. The number of ether oxygens (including phenoxy) is 3.